The third-order valence-corrected chi connectivity index (χ3v) is 4.15. The van der Waals surface area contributed by atoms with Gasteiger partial charge in [-0.15, -0.1) is 0 Å². The van der Waals surface area contributed by atoms with E-state index in [4.69, 9.17) is 16.7 Å². The molecule has 1 aliphatic heterocycles. The van der Waals surface area contributed by atoms with Gasteiger partial charge < -0.3 is 10.0 Å². The van der Waals surface area contributed by atoms with Crippen molar-refractivity contribution in [2.24, 2.45) is 5.92 Å². The van der Waals surface area contributed by atoms with Crippen LogP contribution in [-0.2, 0) is 4.79 Å². The molecule has 1 aliphatic rings. The highest BCUT2D eigenvalue weighted by molar-refractivity contribution is 6.33. The summed E-state index contributed by atoms with van der Waals surface area (Å²) in [7, 11) is 0. The Hall–Kier alpha value is -1.69. The third kappa shape index (κ3) is 3.94. The number of amides is 1. The van der Waals surface area contributed by atoms with Crippen LogP contribution in [-0.4, -0.2) is 35.0 Å². The van der Waals surface area contributed by atoms with E-state index < -0.39 is 23.5 Å². The van der Waals surface area contributed by atoms with Gasteiger partial charge in [0, 0.05) is 19.5 Å². The van der Waals surface area contributed by atoms with Gasteiger partial charge >= 0.3 is 5.97 Å². The fourth-order valence-corrected chi connectivity index (χ4v) is 2.91. The molecule has 1 fully saturated rings. The summed E-state index contributed by atoms with van der Waals surface area (Å²) in [5, 5.41) is 8.70. The molecule has 1 N–H and O–H groups in total. The molecule has 4 nitrogen and oxygen atoms in total. The van der Waals surface area contributed by atoms with E-state index in [1.165, 1.54) is 4.90 Å². The zero-order valence-electron chi connectivity index (χ0n) is 11.8. The second kappa shape index (κ2) is 7.05. The summed E-state index contributed by atoms with van der Waals surface area (Å²) in [5.41, 5.74) is -0.0720. The van der Waals surface area contributed by atoms with Gasteiger partial charge in [-0.3, -0.25) is 9.59 Å². The minimum absolute atomic E-state index is 0.0238. The van der Waals surface area contributed by atoms with E-state index in [0.29, 0.717) is 25.9 Å². The van der Waals surface area contributed by atoms with E-state index >= 15 is 0 Å². The zero-order valence-corrected chi connectivity index (χ0v) is 12.6. The van der Waals surface area contributed by atoms with Gasteiger partial charge in [-0.1, -0.05) is 11.6 Å². The Morgan fingerprint density at radius 2 is 1.91 bits per heavy atom. The lowest BCUT2D eigenvalue weighted by Crippen LogP contribution is -2.32. The number of carbonyl (C=O) groups is 2. The number of carboxylic acid groups (broad SMARTS) is 1. The molecule has 1 saturated heterocycles. The van der Waals surface area contributed by atoms with Crippen molar-refractivity contribution in [3.05, 3.63) is 34.4 Å². The molecule has 0 saturated carbocycles. The number of carboxylic acids is 1. The third-order valence-electron chi connectivity index (χ3n) is 3.84. The molecular formula is C15H16ClF2NO3. The quantitative estimate of drug-likeness (QED) is 0.864. The molecule has 0 aromatic heterocycles. The van der Waals surface area contributed by atoms with Crippen molar-refractivity contribution in [2.75, 3.05) is 13.1 Å². The van der Waals surface area contributed by atoms with Crippen LogP contribution in [0.2, 0.25) is 5.02 Å². The van der Waals surface area contributed by atoms with Crippen LogP contribution in [0, 0.1) is 17.6 Å². The Labute approximate surface area is 131 Å². The van der Waals surface area contributed by atoms with Crippen molar-refractivity contribution >= 4 is 23.5 Å². The fraction of sp³-hybridized carbons (Fsp3) is 0.467. The first kappa shape index (κ1) is 16.7. The molecule has 0 bridgehead atoms. The second-order valence-corrected chi connectivity index (χ2v) is 5.84. The van der Waals surface area contributed by atoms with Crippen LogP contribution in [0.15, 0.2) is 12.1 Å². The normalized spacial score (nSPS) is 18.9. The van der Waals surface area contributed by atoms with Crippen LogP contribution >= 0.6 is 11.6 Å². The van der Waals surface area contributed by atoms with E-state index in [9.17, 15) is 18.4 Å². The molecule has 1 heterocycles. The van der Waals surface area contributed by atoms with Gasteiger partial charge in [-0.05, 0) is 37.3 Å². The van der Waals surface area contributed by atoms with Gasteiger partial charge in [0.2, 0.25) is 0 Å². The summed E-state index contributed by atoms with van der Waals surface area (Å²) >= 11 is 5.82. The molecular weight excluding hydrogens is 316 g/mol. The summed E-state index contributed by atoms with van der Waals surface area (Å²) in [4.78, 5) is 24.7. The van der Waals surface area contributed by atoms with E-state index in [1.807, 2.05) is 0 Å². The van der Waals surface area contributed by atoms with Crippen LogP contribution in [0.25, 0.3) is 0 Å². The van der Waals surface area contributed by atoms with Gasteiger partial charge in [0.05, 0.1) is 10.6 Å². The monoisotopic (exact) mass is 331 g/mol. The average molecular weight is 332 g/mol. The molecule has 22 heavy (non-hydrogen) atoms. The van der Waals surface area contributed by atoms with Crippen LogP contribution in [0.1, 0.15) is 36.0 Å². The largest absolute Gasteiger partial charge is 0.481 e. The summed E-state index contributed by atoms with van der Waals surface area (Å²) < 4.78 is 26.4. The zero-order chi connectivity index (χ0) is 16.3. The number of nitrogens with zero attached hydrogens (tertiary/aromatic N) is 1. The number of benzene rings is 1. The predicted molar refractivity (Wildman–Crippen MR) is 76.9 cm³/mol. The molecule has 0 aliphatic carbocycles. The van der Waals surface area contributed by atoms with E-state index in [-0.39, 0.29) is 22.9 Å². The van der Waals surface area contributed by atoms with E-state index in [0.717, 1.165) is 18.6 Å². The highest BCUT2D eigenvalue weighted by atomic mass is 35.5. The van der Waals surface area contributed by atoms with Crippen molar-refractivity contribution in [1.82, 2.24) is 4.90 Å². The maximum absolute atomic E-state index is 13.3. The first-order chi connectivity index (χ1) is 10.4. The van der Waals surface area contributed by atoms with Crippen LogP contribution in [0.3, 0.4) is 0 Å². The lowest BCUT2D eigenvalue weighted by atomic mass is 9.97. The Morgan fingerprint density at radius 1 is 1.23 bits per heavy atom. The molecule has 120 valence electrons. The second-order valence-electron chi connectivity index (χ2n) is 5.43. The Kier molecular flexibility index (Phi) is 5.34. The molecule has 1 aromatic carbocycles. The molecule has 1 amide bonds. The van der Waals surface area contributed by atoms with Crippen LogP contribution < -0.4 is 0 Å². The van der Waals surface area contributed by atoms with E-state index in [2.05, 4.69) is 0 Å². The van der Waals surface area contributed by atoms with Crippen LogP contribution in [0.4, 0.5) is 8.78 Å². The molecule has 7 heteroatoms. The maximum atomic E-state index is 13.3. The molecule has 1 aromatic rings. The highest BCUT2D eigenvalue weighted by Crippen LogP contribution is 2.25. The van der Waals surface area contributed by atoms with Crippen molar-refractivity contribution < 1.29 is 23.5 Å². The SMILES string of the molecule is O=C(O)C[C@@H]1CCCN(C(=O)c2cc(F)c(F)cc2Cl)CC1. The van der Waals surface area contributed by atoms with Gasteiger partial charge in [0.1, 0.15) is 0 Å². The lowest BCUT2D eigenvalue weighted by Gasteiger charge is -2.21. The van der Waals surface area contributed by atoms with E-state index in [1.54, 1.807) is 0 Å². The molecule has 2 rings (SSSR count). The van der Waals surface area contributed by atoms with Gasteiger partial charge in [0.25, 0.3) is 5.91 Å². The molecule has 0 spiro atoms. The number of hydrogen-bond acceptors (Lipinski definition) is 2. The number of carbonyl (C=O) groups excluding carboxylic acids is 1. The number of hydrogen-bond donors (Lipinski definition) is 1. The summed E-state index contributed by atoms with van der Waals surface area (Å²) in [5.74, 6) is -3.51. The number of likely N-dealkylation sites (tertiary alicyclic amines) is 1. The van der Waals surface area contributed by atoms with Gasteiger partial charge in [-0.2, -0.15) is 0 Å². The minimum Gasteiger partial charge on any atom is -0.481 e. The van der Waals surface area contributed by atoms with Crippen LogP contribution in [0.5, 0.6) is 0 Å². The summed E-state index contributed by atoms with van der Waals surface area (Å²) in [6, 6.07) is 1.59. The van der Waals surface area contributed by atoms with Crippen molar-refractivity contribution in [1.29, 1.82) is 0 Å². The van der Waals surface area contributed by atoms with Crippen molar-refractivity contribution in [3.63, 3.8) is 0 Å². The average Bonchev–Trinajstić information content (AvgIpc) is 2.67. The summed E-state index contributed by atoms with van der Waals surface area (Å²) in [6.45, 7) is 0.830. The lowest BCUT2D eigenvalue weighted by molar-refractivity contribution is -0.138. The smallest absolute Gasteiger partial charge is 0.303 e. The highest BCUT2D eigenvalue weighted by Gasteiger charge is 2.25. The number of halogens is 3. The Morgan fingerprint density at radius 3 is 2.59 bits per heavy atom. The van der Waals surface area contributed by atoms with Crippen molar-refractivity contribution in [2.45, 2.75) is 25.7 Å². The maximum Gasteiger partial charge on any atom is 0.303 e. The first-order valence-electron chi connectivity index (χ1n) is 7.04. The number of aliphatic carboxylic acids is 1. The number of rotatable bonds is 3. The van der Waals surface area contributed by atoms with Gasteiger partial charge in [0.15, 0.2) is 11.6 Å². The molecule has 0 unspecified atom stereocenters. The summed E-state index contributed by atoms with van der Waals surface area (Å²) in [6.07, 6.45) is 2.04. The van der Waals surface area contributed by atoms with Crippen molar-refractivity contribution in [3.8, 4) is 0 Å². The standard InChI is InChI=1S/C15H16ClF2NO3/c16-11-8-13(18)12(17)7-10(11)15(22)19-4-1-2-9(3-5-19)6-14(20)21/h7-9H,1-6H2,(H,20,21)/t9-/m1/s1. The first-order valence-corrected chi connectivity index (χ1v) is 7.42. The Balaban J connectivity index is 2.10. The molecule has 0 radical (unpaired) electrons. The Bertz CT molecular complexity index is 594. The minimum atomic E-state index is -1.12. The predicted octanol–water partition coefficient (Wildman–Crippen LogP) is 3.34. The van der Waals surface area contributed by atoms with Gasteiger partial charge in [-0.25, -0.2) is 8.78 Å². The topological polar surface area (TPSA) is 57.6 Å². The molecule has 1 atom stereocenters. The fourth-order valence-electron chi connectivity index (χ4n) is 2.68.